The van der Waals surface area contributed by atoms with E-state index in [0.29, 0.717) is 5.69 Å². The quantitative estimate of drug-likeness (QED) is 0.903. The number of H-pyrrole nitrogens is 1. The van der Waals surface area contributed by atoms with Crippen LogP contribution in [0, 0.1) is 0 Å². The zero-order valence-electron chi connectivity index (χ0n) is 9.05. The highest BCUT2D eigenvalue weighted by Crippen LogP contribution is 2.18. The molecule has 94 valence electrons. The van der Waals surface area contributed by atoms with Gasteiger partial charge in [-0.2, -0.15) is 0 Å². The number of halogens is 1. The van der Waals surface area contributed by atoms with Gasteiger partial charge >= 0.3 is 0 Å². The minimum absolute atomic E-state index is 0.315. The van der Waals surface area contributed by atoms with Gasteiger partial charge in [-0.3, -0.25) is 9.52 Å². The standard InChI is InChI=1S/C11H9BrN2O3S/c12-8-2-1-3-9(6-8)14-18(16,17)11-7-13-5-4-10(11)15/h1-7,14H,(H,13,15). The zero-order chi connectivity index (χ0) is 13.2. The van der Waals surface area contributed by atoms with E-state index < -0.39 is 15.5 Å². The molecule has 7 heteroatoms. The van der Waals surface area contributed by atoms with Crippen molar-refractivity contribution in [2.45, 2.75) is 4.90 Å². The topological polar surface area (TPSA) is 79.0 Å². The number of hydrogen-bond acceptors (Lipinski definition) is 3. The summed E-state index contributed by atoms with van der Waals surface area (Å²) >= 11 is 3.24. The van der Waals surface area contributed by atoms with Gasteiger partial charge in [-0.25, -0.2) is 8.42 Å². The highest BCUT2D eigenvalue weighted by Gasteiger charge is 2.17. The molecular weight excluding hydrogens is 320 g/mol. The summed E-state index contributed by atoms with van der Waals surface area (Å²) in [4.78, 5) is 13.7. The summed E-state index contributed by atoms with van der Waals surface area (Å²) in [6.45, 7) is 0. The molecule has 2 aromatic rings. The van der Waals surface area contributed by atoms with Crippen LogP contribution in [0.15, 0.2) is 56.9 Å². The van der Waals surface area contributed by atoms with Crippen molar-refractivity contribution in [2.75, 3.05) is 4.72 Å². The van der Waals surface area contributed by atoms with Crippen LogP contribution in [0.3, 0.4) is 0 Å². The number of sulfonamides is 1. The minimum Gasteiger partial charge on any atom is -0.366 e. The van der Waals surface area contributed by atoms with E-state index in [9.17, 15) is 13.2 Å². The van der Waals surface area contributed by atoms with Gasteiger partial charge in [0, 0.05) is 28.6 Å². The first-order chi connectivity index (χ1) is 8.49. The zero-order valence-corrected chi connectivity index (χ0v) is 11.5. The van der Waals surface area contributed by atoms with Crippen molar-refractivity contribution in [1.82, 2.24) is 4.98 Å². The molecule has 0 atom stereocenters. The van der Waals surface area contributed by atoms with Gasteiger partial charge in [0.2, 0.25) is 5.43 Å². The Bertz CT molecular complexity index is 725. The minimum atomic E-state index is -3.88. The molecule has 0 aliphatic carbocycles. The molecule has 0 bridgehead atoms. The van der Waals surface area contributed by atoms with E-state index in [1.54, 1.807) is 24.3 Å². The number of nitrogens with one attached hydrogen (secondary N) is 2. The number of aromatic amines is 1. The Morgan fingerprint density at radius 2 is 2.00 bits per heavy atom. The number of pyridine rings is 1. The molecule has 0 amide bonds. The molecule has 1 aromatic heterocycles. The number of hydrogen-bond donors (Lipinski definition) is 2. The van der Waals surface area contributed by atoms with Crippen molar-refractivity contribution in [3.05, 3.63) is 57.4 Å². The second-order valence-corrected chi connectivity index (χ2v) is 6.06. The van der Waals surface area contributed by atoms with Gasteiger partial charge in [-0.05, 0) is 18.2 Å². The molecule has 0 aliphatic heterocycles. The van der Waals surface area contributed by atoms with Gasteiger partial charge in [-0.15, -0.1) is 0 Å². The van der Waals surface area contributed by atoms with E-state index in [0.717, 1.165) is 16.7 Å². The van der Waals surface area contributed by atoms with Crippen molar-refractivity contribution in [1.29, 1.82) is 0 Å². The smallest absolute Gasteiger partial charge is 0.267 e. The average molecular weight is 329 g/mol. The maximum atomic E-state index is 12.0. The first-order valence-electron chi connectivity index (χ1n) is 4.94. The van der Waals surface area contributed by atoms with Crippen LogP contribution in [0.25, 0.3) is 0 Å². The average Bonchev–Trinajstić information content (AvgIpc) is 2.28. The van der Waals surface area contributed by atoms with E-state index in [1.807, 2.05) is 0 Å². The molecule has 0 aliphatic rings. The molecule has 0 saturated carbocycles. The van der Waals surface area contributed by atoms with Gasteiger partial charge in [-0.1, -0.05) is 22.0 Å². The number of aromatic nitrogens is 1. The fourth-order valence-corrected chi connectivity index (χ4v) is 2.88. The van der Waals surface area contributed by atoms with Crippen LogP contribution >= 0.6 is 15.9 Å². The van der Waals surface area contributed by atoms with Gasteiger partial charge in [0.15, 0.2) is 4.90 Å². The fourth-order valence-electron chi connectivity index (χ4n) is 1.37. The van der Waals surface area contributed by atoms with Gasteiger partial charge < -0.3 is 4.98 Å². The third kappa shape index (κ3) is 2.80. The van der Waals surface area contributed by atoms with Crippen molar-refractivity contribution in [2.24, 2.45) is 0 Å². The first-order valence-corrected chi connectivity index (χ1v) is 7.22. The molecule has 0 fully saturated rings. The second kappa shape index (κ2) is 4.95. The monoisotopic (exact) mass is 328 g/mol. The lowest BCUT2D eigenvalue weighted by Crippen LogP contribution is -2.20. The molecule has 0 saturated heterocycles. The van der Waals surface area contributed by atoms with E-state index in [1.165, 1.54) is 6.20 Å². The predicted octanol–water partition coefficient (Wildman–Crippen LogP) is 1.94. The first kappa shape index (κ1) is 12.8. The summed E-state index contributed by atoms with van der Waals surface area (Å²) in [5.41, 5.74) is -0.177. The van der Waals surface area contributed by atoms with Crippen LogP contribution in [0.4, 0.5) is 5.69 Å². The van der Waals surface area contributed by atoms with Crippen LogP contribution < -0.4 is 10.2 Å². The molecule has 18 heavy (non-hydrogen) atoms. The summed E-state index contributed by atoms with van der Waals surface area (Å²) in [5.74, 6) is 0. The maximum Gasteiger partial charge on any atom is 0.267 e. The maximum absolute atomic E-state index is 12.0. The summed E-state index contributed by atoms with van der Waals surface area (Å²) in [6.07, 6.45) is 2.53. The third-order valence-electron chi connectivity index (χ3n) is 2.15. The Morgan fingerprint density at radius 1 is 1.22 bits per heavy atom. The van der Waals surface area contributed by atoms with E-state index >= 15 is 0 Å². The lowest BCUT2D eigenvalue weighted by atomic mass is 10.3. The van der Waals surface area contributed by atoms with Gasteiger partial charge in [0.1, 0.15) is 0 Å². The molecular formula is C11H9BrN2O3S. The summed E-state index contributed by atoms with van der Waals surface area (Å²) in [7, 11) is -3.88. The predicted molar refractivity (Wildman–Crippen MR) is 72.0 cm³/mol. The van der Waals surface area contributed by atoms with Crippen molar-refractivity contribution in [3.8, 4) is 0 Å². The summed E-state index contributed by atoms with van der Waals surface area (Å²) < 4.78 is 27.1. The highest BCUT2D eigenvalue weighted by atomic mass is 79.9. The van der Waals surface area contributed by atoms with Crippen molar-refractivity contribution >= 4 is 31.6 Å². The largest absolute Gasteiger partial charge is 0.366 e. The number of anilines is 1. The van der Waals surface area contributed by atoms with Gasteiger partial charge in [0.25, 0.3) is 10.0 Å². The van der Waals surface area contributed by atoms with E-state index in [4.69, 9.17) is 0 Å². The highest BCUT2D eigenvalue weighted by molar-refractivity contribution is 9.10. The molecule has 1 heterocycles. The Balaban J connectivity index is 2.40. The van der Waals surface area contributed by atoms with Crippen LogP contribution in [0.2, 0.25) is 0 Å². The number of rotatable bonds is 3. The van der Waals surface area contributed by atoms with E-state index in [2.05, 4.69) is 25.6 Å². The molecule has 5 nitrogen and oxygen atoms in total. The number of benzene rings is 1. The van der Waals surface area contributed by atoms with Crippen molar-refractivity contribution in [3.63, 3.8) is 0 Å². The lowest BCUT2D eigenvalue weighted by Gasteiger charge is -2.07. The molecule has 1 aromatic carbocycles. The molecule has 0 unspecified atom stereocenters. The Labute approximate surface area is 112 Å². The SMILES string of the molecule is O=c1cc[nH]cc1S(=O)(=O)Nc1cccc(Br)c1. The normalized spacial score (nSPS) is 11.2. The molecule has 2 rings (SSSR count). The Kier molecular flexibility index (Phi) is 3.53. The molecule has 2 N–H and O–H groups in total. The van der Waals surface area contributed by atoms with E-state index in [-0.39, 0.29) is 4.90 Å². The molecule has 0 spiro atoms. The summed E-state index contributed by atoms with van der Waals surface area (Å²) in [6, 6.07) is 7.83. The van der Waals surface area contributed by atoms with Crippen LogP contribution in [0.1, 0.15) is 0 Å². The fraction of sp³-hybridized carbons (Fsp3) is 0. The Morgan fingerprint density at radius 3 is 2.67 bits per heavy atom. The summed E-state index contributed by atoms with van der Waals surface area (Å²) in [5, 5.41) is 0. The molecule has 0 radical (unpaired) electrons. The van der Waals surface area contributed by atoms with Crippen LogP contribution in [-0.2, 0) is 10.0 Å². The second-order valence-electron chi connectivity index (χ2n) is 3.49. The third-order valence-corrected chi connectivity index (χ3v) is 4.05. The Hall–Kier alpha value is -1.60. The van der Waals surface area contributed by atoms with Crippen LogP contribution in [0.5, 0.6) is 0 Å². The van der Waals surface area contributed by atoms with Crippen LogP contribution in [-0.4, -0.2) is 13.4 Å². The van der Waals surface area contributed by atoms with Gasteiger partial charge in [0.05, 0.1) is 0 Å². The van der Waals surface area contributed by atoms with Crippen molar-refractivity contribution < 1.29 is 8.42 Å². The lowest BCUT2D eigenvalue weighted by molar-refractivity contribution is 0.600.